The van der Waals surface area contributed by atoms with Crippen LogP contribution in [-0.2, 0) is 21.3 Å². The molecule has 3 aliphatic heterocycles. The Kier molecular flexibility index (Phi) is 10.2. The lowest BCUT2D eigenvalue weighted by atomic mass is 9.91. The lowest BCUT2D eigenvalue weighted by molar-refractivity contribution is 0.0663. The third-order valence-electron chi connectivity index (χ3n) is 14.9. The number of carbonyl (C=O) groups is 1. The molecule has 4 aromatic heterocycles. The summed E-state index contributed by atoms with van der Waals surface area (Å²) in [5.74, 6) is -0.00988. The molecule has 7 heterocycles. The lowest BCUT2D eigenvalue weighted by Crippen LogP contribution is -2.41. The second kappa shape index (κ2) is 15.8. The number of hydrogen-bond donors (Lipinski definition) is 1. The number of ether oxygens (including phenoxy) is 1. The maximum absolute atomic E-state index is 15.5. The highest BCUT2D eigenvalue weighted by molar-refractivity contribution is 7.71. The second-order valence-corrected chi connectivity index (χ2v) is 22.1. The van der Waals surface area contributed by atoms with Gasteiger partial charge < -0.3 is 23.7 Å². The number of nitrogens with zero attached hydrogens (tertiary/aromatic N) is 8. The van der Waals surface area contributed by atoms with Crippen LogP contribution >= 0.6 is 7.14 Å². The minimum atomic E-state index is -2.55. The van der Waals surface area contributed by atoms with E-state index >= 15 is 9.18 Å². The van der Waals surface area contributed by atoms with E-state index in [0.717, 1.165) is 47.8 Å². The van der Waals surface area contributed by atoms with Gasteiger partial charge in [-0.1, -0.05) is 18.1 Å². The molecule has 1 amide bonds. The molecule has 0 spiro atoms. The Morgan fingerprint density at radius 2 is 1.61 bits per heavy atom. The molecule has 342 valence electrons. The average Bonchev–Trinajstić information content (AvgIpc) is 3.82. The normalized spacial score (nSPS) is 22.2. The van der Waals surface area contributed by atoms with Gasteiger partial charge in [0, 0.05) is 85.8 Å². The van der Waals surface area contributed by atoms with Gasteiger partial charge in [-0.2, -0.15) is 5.10 Å². The van der Waals surface area contributed by atoms with Gasteiger partial charge in [-0.05, 0) is 130 Å². The fourth-order valence-electron chi connectivity index (χ4n) is 11.0. The van der Waals surface area contributed by atoms with Crippen LogP contribution in [0.15, 0.2) is 87.2 Å². The molecule has 0 bridgehead atoms. The van der Waals surface area contributed by atoms with Crippen molar-refractivity contribution in [2.45, 2.75) is 70.9 Å². The zero-order valence-corrected chi connectivity index (χ0v) is 38.7. The van der Waals surface area contributed by atoms with Crippen LogP contribution in [0, 0.1) is 25.6 Å². The molecule has 7 aromatic rings. The molecular weight excluding hydrogens is 861 g/mol. The fourth-order valence-corrected chi connectivity index (χ4v) is 13.7. The van der Waals surface area contributed by atoms with Crippen molar-refractivity contribution in [3.8, 4) is 17.2 Å². The van der Waals surface area contributed by atoms with Crippen LogP contribution in [0.3, 0.4) is 0 Å². The summed E-state index contributed by atoms with van der Waals surface area (Å²) in [7, 11) is -0.504. The molecule has 66 heavy (non-hydrogen) atoms. The van der Waals surface area contributed by atoms with Crippen LogP contribution in [0.2, 0.25) is 0 Å². The molecule has 15 nitrogen and oxygen atoms in total. The van der Waals surface area contributed by atoms with Gasteiger partial charge in [0.15, 0.2) is 5.82 Å². The fraction of sp³-hybridized carbons (Fsp3) is 0.408. The molecule has 3 fully saturated rings. The summed E-state index contributed by atoms with van der Waals surface area (Å²) in [5.41, 5.74) is 4.80. The molecular formula is C49H53FN9O6P. The van der Waals surface area contributed by atoms with Crippen molar-refractivity contribution in [1.82, 2.24) is 43.4 Å². The van der Waals surface area contributed by atoms with Crippen molar-refractivity contribution in [2.24, 2.45) is 5.92 Å². The van der Waals surface area contributed by atoms with E-state index in [1.54, 1.807) is 52.2 Å². The van der Waals surface area contributed by atoms with Crippen molar-refractivity contribution in [3.63, 3.8) is 0 Å². The first-order valence-electron chi connectivity index (χ1n) is 22.9. The zero-order chi connectivity index (χ0) is 45.8. The van der Waals surface area contributed by atoms with Gasteiger partial charge in [-0.25, -0.2) is 18.7 Å². The number of aromatic nitrogens is 7. The maximum Gasteiger partial charge on any atom is 0.438 e. The standard InChI is InChI=1S/C49H53FN9O6P/c1-29-24-37(25-30(2)43(29)50)59-44(57-17-16-56(48(57)62)36-7-9-38(10-8-36)66(63)22-18-54(5)19-23-66)42-32(4)55(15-12-39(42)52-59)45(60)41-27-35-26-34(33-13-20-64-21-14-33)6-11-40(35)58(41)49(28-31(49)3)46-51-47(61)65-53-46/h6-11,16-17,24-27,31-33H,12-15,18-23,28H2,1-5H3,(H,51,53,61)/t31-,32-,49-/m0/s1. The highest BCUT2D eigenvalue weighted by atomic mass is 31.2. The Morgan fingerprint density at radius 1 is 0.909 bits per heavy atom. The molecule has 1 saturated carbocycles. The molecule has 3 aromatic carbocycles. The van der Waals surface area contributed by atoms with Gasteiger partial charge in [0.1, 0.15) is 30.0 Å². The first kappa shape index (κ1) is 42.5. The van der Waals surface area contributed by atoms with E-state index in [4.69, 9.17) is 14.4 Å². The molecule has 1 N–H and O–H groups in total. The largest absolute Gasteiger partial charge is 0.438 e. The van der Waals surface area contributed by atoms with Crippen LogP contribution in [0.4, 0.5) is 4.39 Å². The van der Waals surface area contributed by atoms with Crippen molar-refractivity contribution in [1.29, 1.82) is 0 Å². The van der Waals surface area contributed by atoms with Gasteiger partial charge in [-0.15, -0.1) is 0 Å². The second-order valence-electron chi connectivity index (χ2n) is 18.9. The number of carbonyl (C=O) groups excluding carboxylic acids is 1. The quantitative estimate of drug-likeness (QED) is 0.167. The summed E-state index contributed by atoms with van der Waals surface area (Å²) in [6, 6.07) is 18.7. The molecule has 4 aliphatic rings. The number of halogens is 1. The van der Waals surface area contributed by atoms with Gasteiger partial charge in [0.25, 0.3) is 5.91 Å². The maximum atomic E-state index is 15.5. The number of nitrogens with one attached hydrogen (secondary N) is 1. The van der Waals surface area contributed by atoms with Crippen molar-refractivity contribution < 1.29 is 23.0 Å². The number of aryl methyl sites for hydroxylation is 2. The van der Waals surface area contributed by atoms with Crippen LogP contribution in [0.1, 0.15) is 89.3 Å². The van der Waals surface area contributed by atoms with E-state index in [2.05, 4.69) is 40.2 Å². The molecule has 17 heteroatoms. The third kappa shape index (κ3) is 6.73. The molecule has 3 atom stereocenters. The molecule has 11 rings (SSSR count). The van der Waals surface area contributed by atoms with Crippen LogP contribution < -0.4 is 16.8 Å². The highest BCUT2D eigenvalue weighted by Crippen LogP contribution is 2.56. The van der Waals surface area contributed by atoms with Gasteiger partial charge >= 0.3 is 11.4 Å². The van der Waals surface area contributed by atoms with Crippen LogP contribution in [0.5, 0.6) is 0 Å². The van der Waals surface area contributed by atoms with E-state index in [9.17, 15) is 14.2 Å². The number of benzene rings is 3. The first-order chi connectivity index (χ1) is 31.8. The Balaban J connectivity index is 1.02. The third-order valence-corrected chi connectivity index (χ3v) is 18.0. The Labute approximate surface area is 380 Å². The first-order valence-corrected chi connectivity index (χ1v) is 25.0. The molecule has 2 saturated heterocycles. The number of aromatic amines is 1. The smallest absolute Gasteiger partial charge is 0.381 e. The van der Waals surface area contributed by atoms with Crippen LogP contribution in [0.25, 0.3) is 28.1 Å². The predicted octanol–water partition coefficient (Wildman–Crippen LogP) is 6.57. The van der Waals surface area contributed by atoms with Gasteiger partial charge in [0.2, 0.25) is 0 Å². The van der Waals surface area contributed by atoms with Crippen LogP contribution in [-0.4, -0.2) is 102 Å². The molecule has 1 aliphatic carbocycles. The summed E-state index contributed by atoms with van der Waals surface area (Å²) in [4.78, 5) is 49.5. The molecule has 0 unspecified atom stereocenters. The number of H-pyrrole nitrogens is 1. The van der Waals surface area contributed by atoms with E-state index in [1.165, 1.54) is 5.56 Å². The zero-order valence-electron chi connectivity index (χ0n) is 37.8. The lowest BCUT2D eigenvalue weighted by Gasteiger charge is -2.34. The SMILES string of the molecule is Cc1cc(-n2nc3c(c2-n2ccn(-c4ccc(P5(=O)CCN(C)CC5)cc4)c2=O)[C@H](C)N(C(=O)c2cc4cc(C5CCOCC5)ccc4n2[C@@]2(c4noc(=O)[nH]4)C[C@@H]2C)CC3)cc(C)c1F. The topological polar surface area (TPSA) is 158 Å². The van der Waals surface area contributed by atoms with E-state index in [1.807, 2.05) is 53.8 Å². The number of fused-ring (bicyclic) bond motifs is 2. The monoisotopic (exact) mass is 913 g/mol. The van der Waals surface area contributed by atoms with Crippen molar-refractivity contribution >= 4 is 29.3 Å². The minimum absolute atomic E-state index is 0.0258. The highest BCUT2D eigenvalue weighted by Gasteiger charge is 2.59. The predicted molar refractivity (Wildman–Crippen MR) is 248 cm³/mol. The number of rotatable bonds is 8. The van der Waals surface area contributed by atoms with E-state index in [0.29, 0.717) is 96.2 Å². The summed E-state index contributed by atoms with van der Waals surface area (Å²) >= 11 is 0. The Morgan fingerprint density at radius 3 is 2.27 bits per heavy atom. The summed E-state index contributed by atoms with van der Waals surface area (Å²) in [6.45, 7) is 10.7. The van der Waals surface area contributed by atoms with E-state index in [-0.39, 0.29) is 23.3 Å². The summed E-state index contributed by atoms with van der Waals surface area (Å²) in [5, 5.41) is 11.0. The number of hydrogen-bond acceptors (Lipinski definition) is 9. The summed E-state index contributed by atoms with van der Waals surface area (Å²) < 4.78 is 46.6. The summed E-state index contributed by atoms with van der Waals surface area (Å²) in [6.07, 6.45) is 7.50. The average molecular weight is 914 g/mol. The van der Waals surface area contributed by atoms with E-state index < -0.39 is 24.5 Å². The number of imidazole rings is 1. The van der Waals surface area contributed by atoms with Gasteiger partial charge in [0.05, 0.1) is 23.1 Å². The Bertz CT molecular complexity index is 3210. The Hall–Kier alpha value is -6.09. The molecule has 0 radical (unpaired) electrons. The minimum Gasteiger partial charge on any atom is -0.381 e. The van der Waals surface area contributed by atoms with Gasteiger partial charge in [-0.3, -0.25) is 23.4 Å². The van der Waals surface area contributed by atoms with Crippen molar-refractivity contribution in [2.75, 3.05) is 52.2 Å². The van der Waals surface area contributed by atoms with Crippen molar-refractivity contribution in [3.05, 3.63) is 139 Å². The number of amides is 1.